The maximum Gasteiger partial charge on any atom is 0.0772 e. The van der Waals surface area contributed by atoms with Gasteiger partial charge in [-0.3, -0.25) is 0 Å². The van der Waals surface area contributed by atoms with E-state index in [1.807, 2.05) is 14.2 Å². The van der Waals surface area contributed by atoms with Crippen molar-refractivity contribution in [2.75, 3.05) is 32.1 Å². The van der Waals surface area contributed by atoms with Gasteiger partial charge in [0.25, 0.3) is 0 Å². The smallest absolute Gasteiger partial charge is 0.0772 e. The third kappa shape index (κ3) is 3.50. The Kier molecular flexibility index (Phi) is 5.25. The summed E-state index contributed by atoms with van der Waals surface area (Å²) in [6.07, 6.45) is 1.51. The van der Waals surface area contributed by atoms with Crippen molar-refractivity contribution in [1.29, 1.82) is 0 Å². The van der Waals surface area contributed by atoms with Gasteiger partial charge in [-0.15, -0.1) is 0 Å². The van der Waals surface area contributed by atoms with Crippen molar-refractivity contribution in [2.24, 2.45) is 5.92 Å². The molecule has 4 heteroatoms. The number of anilines is 1. The van der Waals surface area contributed by atoms with Crippen LogP contribution in [-0.4, -0.2) is 33.4 Å². The minimum atomic E-state index is 0.329. The fourth-order valence-electron chi connectivity index (χ4n) is 2.73. The first-order valence-electron chi connectivity index (χ1n) is 6.86. The third-order valence-electron chi connectivity index (χ3n) is 3.95. The summed E-state index contributed by atoms with van der Waals surface area (Å²) in [7, 11) is 3.81. The lowest BCUT2D eigenvalue weighted by Crippen LogP contribution is -2.44. The molecule has 3 nitrogen and oxygen atoms in total. The molecule has 1 fully saturated rings. The lowest BCUT2D eigenvalue weighted by Gasteiger charge is -2.38. The average Bonchev–Trinajstić information content (AvgIpc) is 2.42. The van der Waals surface area contributed by atoms with E-state index in [4.69, 9.17) is 4.74 Å². The molecule has 0 amide bonds. The van der Waals surface area contributed by atoms with Gasteiger partial charge in [-0.25, -0.2) is 0 Å². The fraction of sp³-hybridized carbons (Fsp3) is 0.600. The van der Waals surface area contributed by atoms with Crippen LogP contribution in [0.25, 0.3) is 0 Å². The summed E-state index contributed by atoms with van der Waals surface area (Å²) in [5, 5.41) is 3.24. The quantitative estimate of drug-likeness (QED) is 0.920. The topological polar surface area (TPSA) is 24.5 Å². The van der Waals surface area contributed by atoms with Crippen molar-refractivity contribution in [3.8, 4) is 0 Å². The molecule has 2 rings (SSSR count). The Morgan fingerprint density at radius 3 is 2.95 bits per heavy atom. The van der Waals surface area contributed by atoms with Crippen LogP contribution in [0, 0.1) is 5.92 Å². The molecule has 106 valence electrons. The van der Waals surface area contributed by atoms with Crippen molar-refractivity contribution in [3.05, 3.63) is 28.2 Å². The highest BCUT2D eigenvalue weighted by atomic mass is 79.9. The van der Waals surface area contributed by atoms with Crippen LogP contribution in [0.5, 0.6) is 0 Å². The standard InChI is InChI=1S/C15H23BrN2O/c1-11-6-7-18(10-15(11)19-3)14-8-13(16)5-4-12(14)9-17-2/h4-5,8,11,15,17H,6-7,9-10H2,1-3H3. The van der Waals surface area contributed by atoms with E-state index in [1.54, 1.807) is 0 Å². The van der Waals surface area contributed by atoms with Crippen molar-refractivity contribution in [2.45, 2.75) is 26.0 Å². The number of benzene rings is 1. The summed E-state index contributed by atoms with van der Waals surface area (Å²) < 4.78 is 6.75. The first-order valence-corrected chi connectivity index (χ1v) is 7.65. The number of piperidine rings is 1. The molecule has 0 bridgehead atoms. The normalized spacial score (nSPS) is 23.7. The molecular weight excluding hydrogens is 304 g/mol. The molecule has 1 aliphatic rings. The van der Waals surface area contributed by atoms with Crippen molar-refractivity contribution in [1.82, 2.24) is 5.32 Å². The minimum absolute atomic E-state index is 0.329. The van der Waals surface area contributed by atoms with E-state index in [-0.39, 0.29) is 0 Å². The molecule has 2 atom stereocenters. The van der Waals surface area contributed by atoms with Gasteiger partial charge in [0.2, 0.25) is 0 Å². The molecule has 2 unspecified atom stereocenters. The second-order valence-corrected chi connectivity index (χ2v) is 6.21. The van der Waals surface area contributed by atoms with Crippen LogP contribution >= 0.6 is 15.9 Å². The van der Waals surface area contributed by atoms with Crippen molar-refractivity contribution in [3.63, 3.8) is 0 Å². The van der Waals surface area contributed by atoms with Crippen molar-refractivity contribution >= 4 is 21.6 Å². The van der Waals surface area contributed by atoms with Gasteiger partial charge in [0, 0.05) is 36.9 Å². The highest BCUT2D eigenvalue weighted by Crippen LogP contribution is 2.30. The number of rotatable bonds is 4. The van der Waals surface area contributed by atoms with E-state index in [0.29, 0.717) is 12.0 Å². The lowest BCUT2D eigenvalue weighted by molar-refractivity contribution is 0.0498. The molecule has 19 heavy (non-hydrogen) atoms. The number of halogens is 1. The highest BCUT2D eigenvalue weighted by Gasteiger charge is 2.27. The van der Waals surface area contributed by atoms with Crippen LogP contribution in [0.1, 0.15) is 18.9 Å². The second kappa shape index (κ2) is 6.73. The number of hydrogen-bond acceptors (Lipinski definition) is 3. The van der Waals surface area contributed by atoms with E-state index < -0.39 is 0 Å². The van der Waals surface area contributed by atoms with Gasteiger partial charge in [0.15, 0.2) is 0 Å². The predicted octanol–water partition coefficient (Wildman–Crippen LogP) is 3.03. The van der Waals surface area contributed by atoms with Gasteiger partial charge in [-0.05, 0) is 37.1 Å². The maximum absolute atomic E-state index is 5.62. The molecule has 1 aliphatic heterocycles. The predicted molar refractivity (Wildman–Crippen MR) is 83.7 cm³/mol. The van der Waals surface area contributed by atoms with Gasteiger partial charge in [0.05, 0.1) is 6.10 Å². The monoisotopic (exact) mass is 326 g/mol. The molecule has 1 aromatic rings. The fourth-order valence-corrected chi connectivity index (χ4v) is 3.08. The molecule has 0 aliphatic carbocycles. The molecule has 1 aromatic carbocycles. The van der Waals surface area contributed by atoms with Gasteiger partial charge >= 0.3 is 0 Å². The molecule has 0 radical (unpaired) electrons. The summed E-state index contributed by atoms with van der Waals surface area (Å²) in [4.78, 5) is 2.45. The van der Waals surface area contributed by atoms with Crippen LogP contribution in [0.2, 0.25) is 0 Å². The van der Waals surface area contributed by atoms with Gasteiger partial charge in [0.1, 0.15) is 0 Å². The second-order valence-electron chi connectivity index (χ2n) is 5.29. The zero-order valence-corrected chi connectivity index (χ0v) is 13.5. The Morgan fingerprint density at radius 1 is 1.47 bits per heavy atom. The number of hydrogen-bond donors (Lipinski definition) is 1. The van der Waals surface area contributed by atoms with Gasteiger partial charge < -0.3 is 15.0 Å². The zero-order chi connectivity index (χ0) is 13.8. The third-order valence-corrected chi connectivity index (χ3v) is 4.44. The lowest BCUT2D eigenvalue weighted by atomic mass is 9.95. The Bertz CT molecular complexity index is 425. The summed E-state index contributed by atoms with van der Waals surface area (Å²) in [6, 6.07) is 6.52. The van der Waals surface area contributed by atoms with E-state index in [1.165, 1.54) is 17.7 Å². The summed E-state index contributed by atoms with van der Waals surface area (Å²) >= 11 is 3.58. The minimum Gasteiger partial charge on any atom is -0.379 e. The van der Waals surface area contributed by atoms with E-state index in [2.05, 4.69) is 51.3 Å². The van der Waals surface area contributed by atoms with Crippen LogP contribution in [0.4, 0.5) is 5.69 Å². The SMILES string of the molecule is CNCc1ccc(Br)cc1N1CCC(C)C(OC)C1. The molecule has 0 spiro atoms. The number of methoxy groups -OCH3 is 1. The Labute approximate surface area is 124 Å². The Hall–Kier alpha value is -0.580. The van der Waals surface area contributed by atoms with E-state index in [9.17, 15) is 0 Å². The Balaban J connectivity index is 2.22. The van der Waals surface area contributed by atoms with E-state index in [0.717, 1.165) is 24.1 Å². The first kappa shape index (κ1) is 14.8. The molecule has 1 saturated heterocycles. The van der Waals surface area contributed by atoms with Crippen LogP contribution < -0.4 is 10.2 Å². The van der Waals surface area contributed by atoms with Gasteiger partial charge in [-0.2, -0.15) is 0 Å². The highest BCUT2D eigenvalue weighted by molar-refractivity contribution is 9.10. The van der Waals surface area contributed by atoms with Crippen LogP contribution in [-0.2, 0) is 11.3 Å². The van der Waals surface area contributed by atoms with Gasteiger partial charge in [-0.1, -0.05) is 28.9 Å². The molecule has 0 saturated carbocycles. The first-order chi connectivity index (χ1) is 9.15. The molecule has 1 heterocycles. The summed E-state index contributed by atoms with van der Waals surface area (Å²) in [5.41, 5.74) is 2.66. The molecule has 1 N–H and O–H groups in total. The van der Waals surface area contributed by atoms with Crippen LogP contribution in [0.3, 0.4) is 0 Å². The summed E-state index contributed by atoms with van der Waals surface area (Å²) in [6.45, 7) is 5.26. The number of nitrogens with one attached hydrogen (secondary N) is 1. The molecule has 0 aromatic heterocycles. The largest absolute Gasteiger partial charge is 0.379 e. The summed E-state index contributed by atoms with van der Waals surface area (Å²) in [5.74, 6) is 0.640. The average molecular weight is 327 g/mol. The van der Waals surface area contributed by atoms with Crippen molar-refractivity contribution < 1.29 is 4.74 Å². The molecular formula is C15H23BrN2O. The zero-order valence-electron chi connectivity index (χ0n) is 11.9. The van der Waals surface area contributed by atoms with E-state index >= 15 is 0 Å². The van der Waals surface area contributed by atoms with Crippen LogP contribution in [0.15, 0.2) is 22.7 Å². The number of ether oxygens (including phenoxy) is 1. The number of nitrogens with zero attached hydrogens (tertiary/aromatic N) is 1. The Morgan fingerprint density at radius 2 is 2.26 bits per heavy atom. The maximum atomic E-state index is 5.62.